The Hall–Kier alpha value is -1.81. The zero-order valence-electron chi connectivity index (χ0n) is 9.07. The highest BCUT2D eigenvalue weighted by molar-refractivity contribution is 5.55. The third kappa shape index (κ3) is 1.47. The predicted octanol–water partition coefficient (Wildman–Crippen LogP) is 1.45. The summed E-state index contributed by atoms with van der Waals surface area (Å²) >= 11 is 0. The Morgan fingerprint density at radius 2 is 1.94 bits per heavy atom. The molecule has 0 aliphatic carbocycles. The molecule has 0 bridgehead atoms. The molecule has 0 amide bonds. The van der Waals surface area contributed by atoms with Crippen LogP contribution in [0.4, 0.5) is 0 Å². The van der Waals surface area contributed by atoms with Crippen molar-refractivity contribution in [2.75, 3.05) is 0 Å². The summed E-state index contributed by atoms with van der Waals surface area (Å²) in [5.74, 6) is 0.794. The molecule has 0 fully saturated rings. The van der Waals surface area contributed by atoms with Gasteiger partial charge in [0.2, 0.25) is 0 Å². The number of fused-ring (bicyclic) bond motifs is 1. The summed E-state index contributed by atoms with van der Waals surface area (Å²) in [4.78, 5) is 13.1. The smallest absolute Gasteiger partial charge is 0.159 e. The molecule has 4 nitrogen and oxygen atoms in total. The van der Waals surface area contributed by atoms with Crippen molar-refractivity contribution < 1.29 is 0 Å². The van der Waals surface area contributed by atoms with E-state index in [-0.39, 0.29) is 0 Å². The van der Waals surface area contributed by atoms with Crippen LogP contribution in [0.15, 0.2) is 24.5 Å². The monoisotopic (exact) mass is 212 g/mol. The van der Waals surface area contributed by atoms with E-state index < -0.39 is 0 Å². The minimum absolute atomic E-state index is 0.794. The van der Waals surface area contributed by atoms with Crippen molar-refractivity contribution in [1.82, 2.24) is 20.3 Å². The average Bonchev–Trinajstić information content (AvgIpc) is 2.79. The van der Waals surface area contributed by atoms with Gasteiger partial charge in [-0.15, -0.1) is 0 Å². The molecule has 0 saturated carbocycles. The zero-order valence-corrected chi connectivity index (χ0v) is 9.07. The van der Waals surface area contributed by atoms with Gasteiger partial charge in [0.1, 0.15) is 0 Å². The van der Waals surface area contributed by atoms with Crippen LogP contribution in [-0.2, 0) is 13.1 Å². The van der Waals surface area contributed by atoms with Gasteiger partial charge in [-0.1, -0.05) is 0 Å². The lowest BCUT2D eigenvalue weighted by Gasteiger charge is -2.05. The standard InChI is InChI=1S/C12H12N4/c1-8-10-6-14-7-11(10)16-12(15-8)9-2-4-13-5-3-9/h2-5,14H,6-7H2,1H3. The van der Waals surface area contributed by atoms with Crippen LogP contribution in [0.3, 0.4) is 0 Å². The van der Waals surface area contributed by atoms with Crippen molar-refractivity contribution in [2.24, 2.45) is 0 Å². The van der Waals surface area contributed by atoms with E-state index in [0.29, 0.717) is 0 Å². The molecule has 0 aromatic carbocycles. The number of aromatic nitrogens is 3. The molecule has 2 aromatic heterocycles. The van der Waals surface area contributed by atoms with Gasteiger partial charge in [-0.2, -0.15) is 0 Å². The molecule has 3 heterocycles. The van der Waals surface area contributed by atoms with Crippen molar-refractivity contribution in [3.8, 4) is 11.4 Å². The fraction of sp³-hybridized carbons (Fsp3) is 0.250. The first-order valence-electron chi connectivity index (χ1n) is 5.32. The predicted molar refractivity (Wildman–Crippen MR) is 60.5 cm³/mol. The summed E-state index contributed by atoms with van der Waals surface area (Å²) in [5.41, 5.74) is 4.46. The Morgan fingerprint density at radius 3 is 2.75 bits per heavy atom. The topological polar surface area (TPSA) is 50.7 Å². The van der Waals surface area contributed by atoms with Crippen molar-refractivity contribution in [1.29, 1.82) is 0 Å². The summed E-state index contributed by atoms with van der Waals surface area (Å²) in [5, 5.41) is 3.29. The van der Waals surface area contributed by atoms with Gasteiger partial charge in [-0.05, 0) is 19.1 Å². The number of pyridine rings is 1. The van der Waals surface area contributed by atoms with Crippen LogP contribution in [-0.4, -0.2) is 15.0 Å². The van der Waals surface area contributed by atoms with Crippen LogP contribution in [0.25, 0.3) is 11.4 Å². The van der Waals surface area contributed by atoms with E-state index in [1.807, 2.05) is 19.1 Å². The summed E-state index contributed by atoms with van der Waals surface area (Å²) in [6.07, 6.45) is 3.53. The van der Waals surface area contributed by atoms with Gasteiger partial charge < -0.3 is 5.32 Å². The highest BCUT2D eigenvalue weighted by Gasteiger charge is 2.16. The molecule has 2 aromatic rings. The number of nitrogens with zero attached hydrogens (tertiary/aromatic N) is 3. The van der Waals surface area contributed by atoms with Gasteiger partial charge in [0, 0.05) is 42.3 Å². The molecule has 0 spiro atoms. The van der Waals surface area contributed by atoms with E-state index in [0.717, 1.165) is 35.9 Å². The van der Waals surface area contributed by atoms with E-state index in [9.17, 15) is 0 Å². The molecular weight excluding hydrogens is 200 g/mol. The molecule has 4 heteroatoms. The lowest BCUT2D eigenvalue weighted by molar-refractivity contribution is 0.757. The van der Waals surface area contributed by atoms with Gasteiger partial charge in [0.15, 0.2) is 5.82 Å². The molecule has 1 N–H and O–H groups in total. The lowest BCUT2D eigenvalue weighted by atomic mass is 10.2. The molecule has 1 aliphatic rings. The fourth-order valence-corrected chi connectivity index (χ4v) is 1.97. The van der Waals surface area contributed by atoms with Gasteiger partial charge in [0.25, 0.3) is 0 Å². The largest absolute Gasteiger partial charge is 0.307 e. The Bertz CT molecular complexity index is 522. The first kappa shape index (κ1) is 9.42. The Balaban J connectivity index is 2.13. The van der Waals surface area contributed by atoms with Crippen molar-refractivity contribution in [3.05, 3.63) is 41.5 Å². The van der Waals surface area contributed by atoms with Crippen molar-refractivity contribution in [3.63, 3.8) is 0 Å². The average molecular weight is 212 g/mol. The van der Waals surface area contributed by atoms with Gasteiger partial charge in [-0.25, -0.2) is 9.97 Å². The van der Waals surface area contributed by atoms with Gasteiger partial charge in [-0.3, -0.25) is 4.98 Å². The molecule has 3 rings (SSSR count). The first-order chi connectivity index (χ1) is 7.84. The Labute approximate surface area is 93.8 Å². The van der Waals surface area contributed by atoms with Crippen LogP contribution >= 0.6 is 0 Å². The van der Waals surface area contributed by atoms with E-state index in [2.05, 4.69) is 20.3 Å². The summed E-state index contributed by atoms with van der Waals surface area (Å²) < 4.78 is 0. The maximum atomic E-state index is 4.58. The number of hydrogen-bond donors (Lipinski definition) is 1. The molecule has 0 saturated heterocycles. The Morgan fingerprint density at radius 1 is 1.12 bits per heavy atom. The van der Waals surface area contributed by atoms with Crippen LogP contribution in [0.5, 0.6) is 0 Å². The second-order valence-electron chi connectivity index (χ2n) is 3.90. The summed E-state index contributed by atoms with van der Waals surface area (Å²) in [7, 11) is 0. The van der Waals surface area contributed by atoms with Gasteiger partial charge in [0.05, 0.1) is 5.69 Å². The van der Waals surface area contributed by atoms with E-state index in [1.165, 1.54) is 5.56 Å². The highest BCUT2D eigenvalue weighted by Crippen LogP contribution is 2.21. The molecule has 0 atom stereocenters. The maximum Gasteiger partial charge on any atom is 0.159 e. The van der Waals surface area contributed by atoms with E-state index in [4.69, 9.17) is 0 Å². The second kappa shape index (κ2) is 3.64. The van der Waals surface area contributed by atoms with E-state index in [1.54, 1.807) is 12.4 Å². The minimum atomic E-state index is 0.794. The van der Waals surface area contributed by atoms with E-state index >= 15 is 0 Å². The number of aryl methyl sites for hydroxylation is 1. The normalized spacial score (nSPS) is 13.8. The fourth-order valence-electron chi connectivity index (χ4n) is 1.97. The van der Waals surface area contributed by atoms with Gasteiger partial charge >= 0.3 is 0 Å². The van der Waals surface area contributed by atoms with Crippen molar-refractivity contribution >= 4 is 0 Å². The molecule has 80 valence electrons. The van der Waals surface area contributed by atoms with Crippen LogP contribution in [0.2, 0.25) is 0 Å². The number of hydrogen-bond acceptors (Lipinski definition) is 4. The molecule has 1 aliphatic heterocycles. The number of rotatable bonds is 1. The molecule has 0 unspecified atom stereocenters. The highest BCUT2D eigenvalue weighted by atomic mass is 15.0. The molecular formula is C12H12N4. The van der Waals surface area contributed by atoms with Crippen LogP contribution in [0, 0.1) is 6.92 Å². The lowest BCUT2D eigenvalue weighted by Crippen LogP contribution is -2.00. The SMILES string of the molecule is Cc1nc(-c2ccncc2)nc2c1CNC2. The van der Waals surface area contributed by atoms with Crippen LogP contribution in [0.1, 0.15) is 17.0 Å². The molecule has 0 radical (unpaired) electrons. The van der Waals surface area contributed by atoms with Crippen LogP contribution < -0.4 is 5.32 Å². The Kier molecular flexibility index (Phi) is 2.15. The third-order valence-corrected chi connectivity index (χ3v) is 2.83. The zero-order chi connectivity index (χ0) is 11.0. The summed E-state index contributed by atoms with van der Waals surface area (Å²) in [6.45, 7) is 3.77. The molecule has 16 heavy (non-hydrogen) atoms. The summed E-state index contributed by atoms with van der Waals surface area (Å²) in [6, 6.07) is 3.87. The minimum Gasteiger partial charge on any atom is -0.307 e. The van der Waals surface area contributed by atoms with Crippen molar-refractivity contribution in [2.45, 2.75) is 20.0 Å². The quantitative estimate of drug-likeness (QED) is 0.777. The first-order valence-corrected chi connectivity index (χ1v) is 5.32. The maximum absolute atomic E-state index is 4.58. The second-order valence-corrected chi connectivity index (χ2v) is 3.90. The third-order valence-electron chi connectivity index (χ3n) is 2.83. The number of nitrogens with one attached hydrogen (secondary N) is 1.